The highest BCUT2D eigenvalue weighted by atomic mass is 35.5. The van der Waals surface area contributed by atoms with Crippen LogP contribution in [-0.4, -0.2) is 55.8 Å². The smallest absolute Gasteiger partial charge is 0.287 e. The predicted molar refractivity (Wildman–Crippen MR) is 101 cm³/mol. The van der Waals surface area contributed by atoms with E-state index in [0.717, 1.165) is 0 Å². The summed E-state index contributed by atoms with van der Waals surface area (Å²) in [5.74, 6) is -0.455. The summed E-state index contributed by atoms with van der Waals surface area (Å²) in [7, 11) is -3.08. The number of carbonyl (C=O) groups excluding carboxylic acids is 2. The molecule has 1 N–H and O–H groups in total. The number of hydrogen-bond donors (Lipinski definition) is 1. The van der Waals surface area contributed by atoms with Crippen LogP contribution in [0, 0.1) is 0 Å². The van der Waals surface area contributed by atoms with Crippen molar-refractivity contribution < 1.29 is 22.4 Å². The van der Waals surface area contributed by atoms with Crippen molar-refractivity contribution in [2.75, 3.05) is 24.6 Å². The maximum atomic E-state index is 12.4. The van der Waals surface area contributed by atoms with Gasteiger partial charge < -0.3 is 14.6 Å². The van der Waals surface area contributed by atoms with E-state index in [1.165, 1.54) is 11.0 Å². The Morgan fingerprint density at radius 2 is 1.81 bits per heavy atom. The molecule has 1 fully saturated rings. The van der Waals surface area contributed by atoms with Gasteiger partial charge in [-0.15, -0.1) is 0 Å². The Morgan fingerprint density at radius 3 is 2.48 bits per heavy atom. The average molecular weight is 411 g/mol. The van der Waals surface area contributed by atoms with E-state index in [1.807, 2.05) is 6.07 Å². The monoisotopic (exact) mass is 410 g/mol. The Hall–Kier alpha value is -2.32. The molecular weight excluding hydrogens is 392 g/mol. The number of benzene rings is 1. The van der Waals surface area contributed by atoms with E-state index in [-0.39, 0.29) is 36.3 Å². The van der Waals surface area contributed by atoms with Gasteiger partial charge in [-0.1, -0.05) is 23.7 Å². The van der Waals surface area contributed by atoms with Gasteiger partial charge in [-0.05, 0) is 31.2 Å². The topological polar surface area (TPSA) is 96.7 Å². The fourth-order valence-corrected chi connectivity index (χ4v) is 4.23. The predicted octanol–water partition coefficient (Wildman–Crippen LogP) is 1.98. The van der Waals surface area contributed by atoms with Crippen molar-refractivity contribution in [1.29, 1.82) is 0 Å². The van der Waals surface area contributed by atoms with E-state index in [0.29, 0.717) is 16.3 Å². The lowest BCUT2D eigenvalue weighted by Gasteiger charge is -2.29. The molecule has 1 aromatic heterocycles. The standard InChI is InChI=1S/C18H19ClN2O5S/c1-12(18(23)21-8-10-27(24,25)11-9-21)20-17(22)16-7-6-15(26-16)13-4-2-3-5-14(13)19/h2-7,12H,8-11H2,1H3,(H,20,22). The van der Waals surface area contributed by atoms with Crippen molar-refractivity contribution in [3.8, 4) is 11.3 Å². The number of carbonyl (C=O) groups is 2. The number of nitrogens with one attached hydrogen (secondary N) is 1. The lowest BCUT2D eigenvalue weighted by atomic mass is 10.2. The van der Waals surface area contributed by atoms with E-state index >= 15 is 0 Å². The van der Waals surface area contributed by atoms with Crippen LogP contribution in [0.4, 0.5) is 0 Å². The molecule has 1 unspecified atom stereocenters. The van der Waals surface area contributed by atoms with Crippen LogP contribution in [0.3, 0.4) is 0 Å². The molecule has 27 heavy (non-hydrogen) atoms. The quantitative estimate of drug-likeness (QED) is 0.831. The fourth-order valence-electron chi connectivity index (χ4n) is 2.80. The molecule has 2 heterocycles. The minimum absolute atomic E-state index is 0.0568. The van der Waals surface area contributed by atoms with E-state index in [4.69, 9.17) is 16.0 Å². The molecule has 7 nitrogen and oxygen atoms in total. The van der Waals surface area contributed by atoms with Gasteiger partial charge in [0.05, 0.1) is 16.5 Å². The third-order valence-corrected chi connectivity index (χ3v) is 6.28. The summed E-state index contributed by atoms with van der Waals surface area (Å²) in [6.45, 7) is 1.83. The molecule has 144 valence electrons. The summed E-state index contributed by atoms with van der Waals surface area (Å²) in [6, 6.07) is 9.45. The highest BCUT2D eigenvalue weighted by Gasteiger charge is 2.29. The van der Waals surface area contributed by atoms with Crippen LogP contribution in [0.15, 0.2) is 40.8 Å². The summed E-state index contributed by atoms with van der Waals surface area (Å²) in [5.41, 5.74) is 0.664. The lowest BCUT2D eigenvalue weighted by molar-refractivity contribution is -0.132. The molecule has 1 saturated heterocycles. The van der Waals surface area contributed by atoms with Crippen LogP contribution < -0.4 is 5.32 Å². The van der Waals surface area contributed by atoms with Gasteiger partial charge in [-0.3, -0.25) is 9.59 Å². The van der Waals surface area contributed by atoms with Crippen LogP contribution in [0.2, 0.25) is 5.02 Å². The Bertz CT molecular complexity index is 956. The Kier molecular flexibility index (Phi) is 5.57. The van der Waals surface area contributed by atoms with Gasteiger partial charge in [-0.25, -0.2) is 8.42 Å². The molecule has 1 atom stereocenters. The number of sulfone groups is 1. The van der Waals surface area contributed by atoms with Gasteiger partial charge in [0.1, 0.15) is 11.8 Å². The molecule has 1 aliphatic rings. The Labute approximate surface area is 162 Å². The van der Waals surface area contributed by atoms with Gasteiger partial charge in [-0.2, -0.15) is 0 Å². The van der Waals surface area contributed by atoms with Crippen LogP contribution in [0.25, 0.3) is 11.3 Å². The highest BCUT2D eigenvalue weighted by Crippen LogP contribution is 2.29. The summed E-state index contributed by atoms with van der Waals surface area (Å²) >= 11 is 6.13. The molecule has 0 spiro atoms. The largest absolute Gasteiger partial charge is 0.451 e. The second-order valence-corrected chi connectivity index (χ2v) is 9.03. The summed E-state index contributed by atoms with van der Waals surface area (Å²) in [4.78, 5) is 26.2. The number of hydrogen-bond acceptors (Lipinski definition) is 5. The first-order valence-corrected chi connectivity index (χ1v) is 10.6. The number of rotatable bonds is 4. The second kappa shape index (κ2) is 7.74. The lowest BCUT2D eigenvalue weighted by Crippen LogP contribution is -2.51. The van der Waals surface area contributed by atoms with Gasteiger partial charge >= 0.3 is 0 Å². The normalized spacial score (nSPS) is 17.3. The first-order valence-electron chi connectivity index (χ1n) is 8.41. The maximum Gasteiger partial charge on any atom is 0.287 e. The van der Waals surface area contributed by atoms with Crippen molar-refractivity contribution in [1.82, 2.24) is 10.2 Å². The van der Waals surface area contributed by atoms with E-state index < -0.39 is 21.8 Å². The first-order chi connectivity index (χ1) is 12.8. The zero-order chi connectivity index (χ0) is 19.6. The molecular formula is C18H19ClN2O5S. The van der Waals surface area contributed by atoms with Gasteiger partial charge in [0, 0.05) is 18.7 Å². The minimum atomic E-state index is -3.08. The van der Waals surface area contributed by atoms with Gasteiger partial charge in [0.15, 0.2) is 15.6 Å². The molecule has 1 aromatic carbocycles. The summed E-state index contributed by atoms with van der Waals surface area (Å²) in [6.07, 6.45) is 0. The minimum Gasteiger partial charge on any atom is -0.451 e. The van der Waals surface area contributed by atoms with E-state index in [2.05, 4.69) is 5.32 Å². The van der Waals surface area contributed by atoms with Crippen LogP contribution in [-0.2, 0) is 14.6 Å². The SMILES string of the molecule is CC(NC(=O)c1ccc(-c2ccccc2Cl)o1)C(=O)N1CCS(=O)(=O)CC1. The Balaban J connectivity index is 1.64. The molecule has 3 rings (SSSR count). The van der Waals surface area contributed by atoms with Crippen molar-refractivity contribution in [3.63, 3.8) is 0 Å². The zero-order valence-corrected chi connectivity index (χ0v) is 16.2. The van der Waals surface area contributed by atoms with E-state index in [1.54, 1.807) is 31.2 Å². The van der Waals surface area contributed by atoms with Gasteiger partial charge in [0.2, 0.25) is 5.91 Å². The second-order valence-electron chi connectivity index (χ2n) is 6.32. The van der Waals surface area contributed by atoms with Crippen LogP contribution in [0.1, 0.15) is 17.5 Å². The number of halogens is 1. The molecule has 0 saturated carbocycles. The fraction of sp³-hybridized carbons (Fsp3) is 0.333. The molecule has 0 bridgehead atoms. The third-order valence-electron chi connectivity index (χ3n) is 4.34. The first kappa shape index (κ1) is 19.4. The Morgan fingerprint density at radius 1 is 1.15 bits per heavy atom. The molecule has 0 radical (unpaired) electrons. The van der Waals surface area contributed by atoms with Crippen LogP contribution in [0.5, 0.6) is 0 Å². The van der Waals surface area contributed by atoms with Crippen molar-refractivity contribution in [3.05, 3.63) is 47.2 Å². The van der Waals surface area contributed by atoms with Crippen molar-refractivity contribution in [2.24, 2.45) is 0 Å². The number of nitrogens with zero attached hydrogens (tertiary/aromatic N) is 1. The van der Waals surface area contributed by atoms with Crippen LogP contribution >= 0.6 is 11.6 Å². The van der Waals surface area contributed by atoms with Gasteiger partial charge in [0.25, 0.3) is 5.91 Å². The third kappa shape index (κ3) is 4.51. The maximum absolute atomic E-state index is 12.4. The van der Waals surface area contributed by atoms with E-state index in [9.17, 15) is 18.0 Å². The molecule has 2 aromatic rings. The van der Waals surface area contributed by atoms with Crippen molar-refractivity contribution >= 4 is 33.3 Å². The average Bonchev–Trinajstić information content (AvgIpc) is 3.11. The zero-order valence-electron chi connectivity index (χ0n) is 14.6. The highest BCUT2D eigenvalue weighted by molar-refractivity contribution is 7.91. The summed E-state index contributed by atoms with van der Waals surface area (Å²) in [5, 5.41) is 3.09. The molecule has 1 aliphatic heterocycles. The number of amides is 2. The summed E-state index contributed by atoms with van der Waals surface area (Å²) < 4.78 is 28.5. The molecule has 2 amide bonds. The molecule has 9 heteroatoms. The molecule has 0 aliphatic carbocycles. The van der Waals surface area contributed by atoms with Crippen molar-refractivity contribution in [2.45, 2.75) is 13.0 Å². The number of furan rings is 1.